The van der Waals surface area contributed by atoms with Gasteiger partial charge in [0.2, 0.25) is 11.8 Å². The Morgan fingerprint density at radius 1 is 0.967 bits per heavy atom. The molecule has 10 heteroatoms. The van der Waals surface area contributed by atoms with Crippen LogP contribution >= 0.6 is 0 Å². The van der Waals surface area contributed by atoms with Crippen LogP contribution in [0.25, 0.3) is 33.8 Å². The van der Waals surface area contributed by atoms with Gasteiger partial charge in [0.15, 0.2) is 11.6 Å². The van der Waals surface area contributed by atoms with Crippen LogP contribution in [0.5, 0.6) is 5.88 Å². The number of halogens is 1. The summed E-state index contributed by atoms with van der Waals surface area (Å²) in [6, 6.07) is 6.64. The number of pyridine rings is 3. The summed E-state index contributed by atoms with van der Waals surface area (Å²) in [5.41, 5.74) is 14.7. The molecule has 0 fully saturated rings. The second-order valence-corrected chi connectivity index (χ2v) is 6.34. The molecule has 0 aromatic carbocycles. The number of nitrogens with two attached hydrogens (primary N) is 2. The van der Waals surface area contributed by atoms with Gasteiger partial charge in [-0.05, 0) is 31.2 Å². The summed E-state index contributed by atoms with van der Waals surface area (Å²) in [5, 5.41) is 0. The first kappa shape index (κ1) is 19.1. The van der Waals surface area contributed by atoms with Crippen molar-refractivity contribution >= 4 is 11.8 Å². The van der Waals surface area contributed by atoms with Crippen molar-refractivity contribution in [3.8, 4) is 39.7 Å². The molecule has 150 valence electrons. The molecule has 0 atom stereocenters. The van der Waals surface area contributed by atoms with Crippen molar-refractivity contribution in [2.45, 2.75) is 6.92 Å². The fourth-order valence-corrected chi connectivity index (χ4v) is 3.00. The van der Waals surface area contributed by atoms with Gasteiger partial charge < -0.3 is 16.2 Å². The molecule has 4 rings (SSSR count). The lowest BCUT2D eigenvalue weighted by Crippen LogP contribution is -2.05. The molecule has 0 saturated carbocycles. The Labute approximate surface area is 171 Å². The SMILES string of the molecule is COc1ncc(-c2cc(-c3nc(C)nc(N)n3)c(N)nc2-c2cccnc2)cc1F. The molecule has 0 spiro atoms. The summed E-state index contributed by atoms with van der Waals surface area (Å²) in [6.45, 7) is 1.69. The molecule has 30 heavy (non-hydrogen) atoms. The van der Waals surface area contributed by atoms with E-state index in [1.807, 2.05) is 6.07 Å². The van der Waals surface area contributed by atoms with Gasteiger partial charge in [-0.1, -0.05) is 0 Å². The number of methoxy groups -OCH3 is 1. The molecule has 0 aliphatic heterocycles. The van der Waals surface area contributed by atoms with E-state index in [1.54, 1.807) is 31.5 Å². The molecule has 0 aliphatic carbocycles. The van der Waals surface area contributed by atoms with E-state index in [4.69, 9.17) is 16.2 Å². The van der Waals surface area contributed by atoms with Crippen LogP contribution in [-0.2, 0) is 0 Å². The zero-order chi connectivity index (χ0) is 21.3. The molecule has 4 aromatic rings. The molecule has 0 radical (unpaired) electrons. The number of hydrogen-bond donors (Lipinski definition) is 2. The molecule has 0 aliphatic rings. The van der Waals surface area contributed by atoms with E-state index in [2.05, 4.69) is 29.9 Å². The number of nitrogen functional groups attached to an aromatic ring is 2. The predicted molar refractivity (Wildman–Crippen MR) is 110 cm³/mol. The lowest BCUT2D eigenvalue weighted by molar-refractivity contribution is 0.369. The Bertz CT molecular complexity index is 1210. The number of rotatable bonds is 4. The van der Waals surface area contributed by atoms with Crippen LogP contribution < -0.4 is 16.2 Å². The highest BCUT2D eigenvalue weighted by Crippen LogP contribution is 2.36. The maximum absolute atomic E-state index is 14.4. The topological polar surface area (TPSA) is 139 Å². The zero-order valence-electron chi connectivity index (χ0n) is 16.2. The number of aryl methyl sites for hydroxylation is 1. The number of anilines is 2. The van der Waals surface area contributed by atoms with E-state index in [9.17, 15) is 4.39 Å². The first-order chi connectivity index (χ1) is 14.5. The van der Waals surface area contributed by atoms with Crippen molar-refractivity contribution in [3.63, 3.8) is 0 Å². The Morgan fingerprint density at radius 3 is 2.47 bits per heavy atom. The van der Waals surface area contributed by atoms with Gasteiger partial charge in [0, 0.05) is 35.3 Å². The Kier molecular flexibility index (Phi) is 4.88. The van der Waals surface area contributed by atoms with Gasteiger partial charge in [0.05, 0.1) is 18.4 Å². The standard InChI is InChI=1S/C20H17FN8O/c1-10-26-18(29-20(23)27-10)14-7-13(12-6-15(21)19(30-2)25-9-12)16(28-17(14)22)11-4-3-5-24-8-11/h3-9H,1-2H3,(H2,22,28)(H2,23,26,27,29). The third-order valence-corrected chi connectivity index (χ3v) is 4.30. The van der Waals surface area contributed by atoms with Crippen LogP contribution in [0.1, 0.15) is 5.82 Å². The van der Waals surface area contributed by atoms with Crippen LogP contribution in [0.3, 0.4) is 0 Å². The van der Waals surface area contributed by atoms with Crippen molar-refractivity contribution in [1.82, 2.24) is 29.9 Å². The molecule has 9 nitrogen and oxygen atoms in total. The lowest BCUT2D eigenvalue weighted by atomic mass is 9.99. The fraction of sp³-hybridized carbons (Fsp3) is 0.100. The molecule has 4 heterocycles. The molecule has 4 aromatic heterocycles. The number of nitrogens with zero attached hydrogens (tertiary/aromatic N) is 6. The number of ether oxygens (including phenoxy) is 1. The Balaban J connectivity index is 1.98. The normalized spacial score (nSPS) is 10.8. The highest BCUT2D eigenvalue weighted by atomic mass is 19.1. The van der Waals surface area contributed by atoms with Gasteiger partial charge in [0.1, 0.15) is 11.6 Å². The Hall–Kier alpha value is -4.21. The van der Waals surface area contributed by atoms with Crippen LogP contribution in [0.2, 0.25) is 0 Å². The van der Waals surface area contributed by atoms with E-state index in [-0.39, 0.29) is 23.5 Å². The van der Waals surface area contributed by atoms with Crippen LogP contribution in [-0.4, -0.2) is 37.0 Å². The average Bonchev–Trinajstić information content (AvgIpc) is 2.73. The summed E-state index contributed by atoms with van der Waals surface area (Å²) in [6.07, 6.45) is 4.78. The largest absolute Gasteiger partial charge is 0.479 e. The second-order valence-electron chi connectivity index (χ2n) is 6.34. The van der Waals surface area contributed by atoms with Crippen molar-refractivity contribution in [2.75, 3.05) is 18.6 Å². The van der Waals surface area contributed by atoms with Crippen molar-refractivity contribution in [3.05, 3.63) is 54.5 Å². The second kappa shape index (κ2) is 7.66. The van der Waals surface area contributed by atoms with Crippen LogP contribution in [0.4, 0.5) is 16.2 Å². The molecule has 0 unspecified atom stereocenters. The smallest absolute Gasteiger partial charge is 0.250 e. The minimum atomic E-state index is -0.606. The van der Waals surface area contributed by atoms with E-state index in [0.29, 0.717) is 33.8 Å². The molecule has 4 N–H and O–H groups in total. The summed E-state index contributed by atoms with van der Waals surface area (Å²) < 4.78 is 19.3. The third-order valence-electron chi connectivity index (χ3n) is 4.30. The van der Waals surface area contributed by atoms with E-state index in [0.717, 1.165) is 0 Å². The van der Waals surface area contributed by atoms with Crippen LogP contribution in [0.15, 0.2) is 42.9 Å². The molecular formula is C20H17FN8O. The number of hydrogen-bond acceptors (Lipinski definition) is 9. The van der Waals surface area contributed by atoms with Gasteiger partial charge in [0.25, 0.3) is 0 Å². The van der Waals surface area contributed by atoms with Crippen LogP contribution in [0, 0.1) is 12.7 Å². The van der Waals surface area contributed by atoms with Gasteiger partial charge in [-0.25, -0.2) is 19.3 Å². The molecule has 0 saturated heterocycles. The van der Waals surface area contributed by atoms with Gasteiger partial charge in [-0.15, -0.1) is 0 Å². The summed E-state index contributed by atoms with van der Waals surface area (Å²) in [7, 11) is 1.35. The highest BCUT2D eigenvalue weighted by Gasteiger charge is 2.19. The van der Waals surface area contributed by atoms with E-state index >= 15 is 0 Å². The molecule has 0 bridgehead atoms. The lowest BCUT2D eigenvalue weighted by Gasteiger charge is -2.14. The van der Waals surface area contributed by atoms with Gasteiger partial charge in [-0.2, -0.15) is 9.97 Å². The summed E-state index contributed by atoms with van der Waals surface area (Å²) in [4.78, 5) is 25.1. The Morgan fingerprint density at radius 2 is 1.80 bits per heavy atom. The third kappa shape index (κ3) is 3.58. The maximum atomic E-state index is 14.4. The van der Waals surface area contributed by atoms with Gasteiger partial charge in [-0.3, -0.25) is 4.98 Å². The van der Waals surface area contributed by atoms with Crippen molar-refractivity contribution in [1.29, 1.82) is 0 Å². The van der Waals surface area contributed by atoms with E-state index < -0.39 is 5.82 Å². The minimum absolute atomic E-state index is 0.0620. The maximum Gasteiger partial charge on any atom is 0.250 e. The first-order valence-electron chi connectivity index (χ1n) is 8.85. The minimum Gasteiger partial charge on any atom is -0.479 e. The molecule has 0 amide bonds. The van der Waals surface area contributed by atoms with Crippen molar-refractivity contribution in [2.24, 2.45) is 0 Å². The zero-order valence-corrected chi connectivity index (χ0v) is 16.2. The summed E-state index contributed by atoms with van der Waals surface area (Å²) >= 11 is 0. The molecular weight excluding hydrogens is 387 g/mol. The monoisotopic (exact) mass is 404 g/mol. The fourth-order valence-electron chi connectivity index (χ4n) is 3.00. The predicted octanol–water partition coefficient (Wildman–Crippen LogP) is 2.68. The van der Waals surface area contributed by atoms with Crippen molar-refractivity contribution < 1.29 is 9.13 Å². The quantitative estimate of drug-likeness (QED) is 0.525. The van der Waals surface area contributed by atoms with Gasteiger partial charge >= 0.3 is 0 Å². The average molecular weight is 404 g/mol. The highest BCUT2D eigenvalue weighted by molar-refractivity contribution is 5.86. The first-order valence-corrected chi connectivity index (χ1v) is 8.85. The van der Waals surface area contributed by atoms with E-state index in [1.165, 1.54) is 19.4 Å². The summed E-state index contributed by atoms with van der Waals surface area (Å²) in [5.74, 6) is 0.242. The number of aromatic nitrogens is 6.